The van der Waals surface area contributed by atoms with Gasteiger partial charge in [0.25, 0.3) is 0 Å². The normalized spacial score (nSPS) is 14.5. The zero-order chi connectivity index (χ0) is 26.4. The number of carbonyl (C=O) groups is 1. The molecule has 0 amide bonds. The number of aryl methyl sites for hydroxylation is 2. The molecule has 1 aliphatic rings. The summed E-state index contributed by atoms with van der Waals surface area (Å²) < 4.78 is 34.7. The number of aromatic nitrogens is 3. The second kappa shape index (κ2) is 9.51. The molecule has 2 aromatic heterocycles. The number of thiophene rings is 1. The summed E-state index contributed by atoms with van der Waals surface area (Å²) in [5.74, 6) is -0.360. The molecule has 0 bridgehead atoms. The summed E-state index contributed by atoms with van der Waals surface area (Å²) in [7, 11) is 3.07. The van der Waals surface area contributed by atoms with Crippen molar-refractivity contribution < 1.29 is 18.3 Å². The van der Waals surface area contributed by atoms with E-state index < -0.39 is 23.6 Å². The zero-order valence-electron chi connectivity index (χ0n) is 21.0. The van der Waals surface area contributed by atoms with Crippen LogP contribution in [0.4, 0.5) is 20.2 Å². The van der Waals surface area contributed by atoms with E-state index in [1.807, 2.05) is 35.8 Å². The van der Waals surface area contributed by atoms with Crippen molar-refractivity contribution in [3.8, 4) is 5.00 Å². The van der Waals surface area contributed by atoms with Crippen LogP contribution in [-0.4, -0.2) is 40.6 Å². The summed E-state index contributed by atoms with van der Waals surface area (Å²) in [4.78, 5) is 20.1. The monoisotopic (exact) mass is 521 g/mol. The highest BCUT2D eigenvalue weighted by atomic mass is 32.1. The van der Waals surface area contributed by atoms with Crippen molar-refractivity contribution in [1.82, 2.24) is 14.8 Å². The van der Waals surface area contributed by atoms with Gasteiger partial charge in [-0.2, -0.15) is 0 Å². The largest absolute Gasteiger partial charge is 0.469 e. The molecule has 0 unspecified atom stereocenters. The van der Waals surface area contributed by atoms with Crippen LogP contribution in [0.3, 0.4) is 0 Å². The number of methoxy groups -OCH3 is 1. The molecule has 0 saturated carbocycles. The molecule has 4 aromatic rings. The lowest BCUT2D eigenvalue weighted by Crippen LogP contribution is -2.13. The minimum atomic E-state index is -0.641. The number of rotatable bonds is 5. The van der Waals surface area contributed by atoms with Crippen LogP contribution in [-0.2, 0) is 9.53 Å². The summed E-state index contributed by atoms with van der Waals surface area (Å²) in [5, 5.41) is 9.59. The SMILES string of the molecule is COC(=O)C[C@@H]1N=C(c2ccc(N(C)c3ccc(F)cc3F)cc2)c2c(sc(C)c2C)-n2c(C)nnc21. The van der Waals surface area contributed by atoms with Crippen LogP contribution >= 0.6 is 11.3 Å². The number of carbonyl (C=O) groups excluding carboxylic acids is 1. The first-order valence-electron chi connectivity index (χ1n) is 11.7. The summed E-state index contributed by atoms with van der Waals surface area (Å²) >= 11 is 1.63. The highest BCUT2D eigenvalue weighted by molar-refractivity contribution is 7.15. The van der Waals surface area contributed by atoms with Crippen LogP contribution < -0.4 is 4.90 Å². The third-order valence-electron chi connectivity index (χ3n) is 6.63. The van der Waals surface area contributed by atoms with Gasteiger partial charge in [-0.25, -0.2) is 8.78 Å². The van der Waals surface area contributed by atoms with Crippen LogP contribution in [0.1, 0.15) is 45.7 Å². The fourth-order valence-corrected chi connectivity index (χ4v) is 5.72. The Kier molecular flexibility index (Phi) is 6.36. The predicted molar refractivity (Wildman–Crippen MR) is 139 cm³/mol. The van der Waals surface area contributed by atoms with Gasteiger partial charge in [0.15, 0.2) is 5.82 Å². The highest BCUT2D eigenvalue weighted by Gasteiger charge is 2.32. The smallest absolute Gasteiger partial charge is 0.308 e. The molecule has 0 radical (unpaired) electrons. The third-order valence-corrected chi connectivity index (χ3v) is 7.82. The van der Waals surface area contributed by atoms with Crippen LogP contribution in [0, 0.1) is 32.4 Å². The Morgan fingerprint density at radius 1 is 1.11 bits per heavy atom. The van der Waals surface area contributed by atoms with E-state index in [9.17, 15) is 13.6 Å². The van der Waals surface area contributed by atoms with Crippen LogP contribution in [0.25, 0.3) is 5.00 Å². The maximum Gasteiger partial charge on any atom is 0.308 e. The van der Waals surface area contributed by atoms with Crippen molar-refractivity contribution in [2.75, 3.05) is 19.1 Å². The molecule has 7 nitrogen and oxygen atoms in total. The Hall–Kier alpha value is -3.92. The highest BCUT2D eigenvalue weighted by Crippen LogP contribution is 2.40. The lowest BCUT2D eigenvalue weighted by atomic mass is 9.99. The van der Waals surface area contributed by atoms with Crippen molar-refractivity contribution in [3.63, 3.8) is 0 Å². The van der Waals surface area contributed by atoms with Gasteiger partial charge in [0, 0.05) is 34.8 Å². The number of anilines is 2. The summed E-state index contributed by atoms with van der Waals surface area (Å²) in [6.07, 6.45) is 0.0236. The van der Waals surface area contributed by atoms with Gasteiger partial charge in [-0.1, -0.05) is 12.1 Å². The minimum absolute atomic E-state index is 0.0236. The van der Waals surface area contributed by atoms with E-state index in [0.717, 1.165) is 44.0 Å². The first-order valence-corrected chi connectivity index (χ1v) is 12.5. The van der Waals surface area contributed by atoms with Crippen molar-refractivity contribution in [3.05, 3.63) is 87.3 Å². The molecule has 2 aromatic carbocycles. The molecular weight excluding hydrogens is 496 g/mol. The van der Waals surface area contributed by atoms with Crippen LogP contribution in [0.5, 0.6) is 0 Å². The molecule has 0 spiro atoms. The maximum absolute atomic E-state index is 14.4. The van der Waals surface area contributed by atoms with Crippen molar-refractivity contribution >= 4 is 34.4 Å². The van der Waals surface area contributed by atoms with Gasteiger partial charge >= 0.3 is 5.97 Å². The molecule has 1 aliphatic heterocycles. The number of esters is 1. The molecule has 0 aliphatic carbocycles. The fourth-order valence-electron chi connectivity index (χ4n) is 4.50. The first-order chi connectivity index (χ1) is 17.7. The quantitative estimate of drug-likeness (QED) is 0.313. The molecule has 5 rings (SSSR count). The first kappa shape index (κ1) is 24.8. The number of ether oxygens (including phenoxy) is 1. The fraction of sp³-hybridized carbons (Fsp3) is 0.259. The molecule has 37 heavy (non-hydrogen) atoms. The van der Waals surface area contributed by atoms with Crippen molar-refractivity contribution in [1.29, 1.82) is 0 Å². The molecule has 0 fully saturated rings. The van der Waals surface area contributed by atoms with Gasteiger partial charge < -0.3 is 9.64 Å². The zero-order valence-corrected chi connectivity index (χ0v) is 21.9. The summed E-state index contributed by atoms with van der Waals surface area (Å²) in [5.41, 5.74) is 4.61. The number of nitrogens with zero attached hydrogens (tertiary/aromatic N) is 5. The van der Waals surface area contributed by atoms with E-state index >= 15 is 0 Å². The van der Waals surface area contributed by atoms with Crippen LogP contribution in [0.2, 0.25) is 0 Å². The van der Waals surface area contributed by atoms with Gasteiger partial charge in [0.2, 0.25) is 0 Å². The average Bonchev–Trinajstić information content (AvgIpc) is 3.35. The molecule has 190 valence electrons. The number of benzene rings is 2. The maximum atomic E-state index is 14.4. The summed E-state index contributed by atoms with van der Waals surface area (Å²) in [6, 6.07) is 10.5. The van der Waals surface area contributed by atoms with Crippen LogP contribution in [0.15, 0.2) is 47.5 Å². The number of aliphatic imine (C=N–C) groups is 1. The standard InChI is InChI=1S/C27H25F2N5O2S/c1-14-15(2)37-27-24(14)25(30-21(13-23(35)36-5)26-32-31-16(3)34(26)27)17-6-9-19(10-7-17)33(4)22-11-8-18(28)12-20(22)29/h6-12,21H,13H2,1-5H3/t21-/m0/s1. The van der Waals surface area contributed by atoms with E-state index in [1.165, 1.54) is 19.2 Å². The van der Waals surface area contributed by atoms with E-state index in [2.05, 4.69) is 24.0 Å². The molecular formula is C27H25F2N5O2S. The van der Waals surface area contributed by atoms with E-state index in [-0.39, 0.29) is 12.1 Å². The average molecular weight is 522 g/mol. The Labute approximate surface area is 217 Å². The minimum Gasteiger partial charge on any atom is -0.469 e. The Morgan fingerprint density at radius 2 is 1.84 bits per heavy atom. The third kappa shape index (κ3) is 4.31. The molecule has 0 N–H and O–H groups in total. The van der Waals surface area contributed by atoms with Gasteiger partial charge in [0.1, 0.15) is 28.5 Å². The van der Waals surface area contributed by atoms with E-state index in [4.69, 9.17) is 9.73 Å². The van der Waals surface area contributed by atoms with Gasteiger partial charge in [-0.3, -0.25) is 14.4 Å². The Bertz CT molecular complexity index is 1540. The van der Waals surface area contributed by atoms with Gasteiger partial charge in [-0.15, -0.1) is 21.5 Å². The summed E-state index contributed by atoms with van der Waals surface area (Å²) in [6.45, 7) is 6.00. The second-order valence-electron chi connectivity index (χ2n) is 8.88. The number of fused-ring (bicyclic) bond motifs is 3. The van der Waals surface area contributed by atoms with Gasteiger partial charge in [0.05, 0.1) is 24.9 Å². The number of hydrogen-bond donors (Lipinski definition) is 0. The molecule has 10 heteroatoms. The van der Waals surface area contributed by atoms with Crippen molar-refractivity contribution in [2.24, 2.45) is 4.99 Å². The lowest BCUT2D eigenvalue weighted by Gasteiger charge is -2.21. The Balaban J connectivity index is 1.62. The Morgan fingerprint density at radius 3 is 2.51 bits per heavy atom. The lowest BCUT2D eigenvalue weighted by molar-refractivity contribution is -0.141. The van der Waals surface area contributed by atoms with Gasteiger partial charge in [-0.05, 0) is 50.6 Å². The van der Waals surface area contributed by atoms with E-state index in [1.54, 1.807) is 23.3 Å². The topological polar surface area (TPSA) is 72.6 Å². The number of halogens is 2. The second-order valence-corrected chi connectivity index (χ2v) is 10.1. The van der Waals surface area contributed by atoms with Crippen molar-refractivity contribution in [2.45, 2.75) is 33.2 Å². The molecule has 0 saturated heterocycles. The van der Waals surface area contributed by atoms with E-state index in [0.29, 0.717) is 11.6 Å². The molecule has 3 heterocycles. The molecule has 1 atom stereocenters. The number of hydrogen-bond acceptors (Lipinski definition) is 7. The predicted octanol–water partition coefficient (Wildman–Crippen LogP) is 5.76.